The third-order valence-electron chi connectivity index (χ3n) is 4.71. The first-order chi connectivity index (χ1) is 12.2. The Kier molecular flexibility index (Phi) is 5.16. The van der Waals surface area contributed by atoms with E-state index in [1.54, 1.807) is 33.5 Å². The van der Waals surface area contributed by atoms with Crippen molar-refractivity contribution in [3.63, 3.8) is 0 Å². The first-order valence-electron chi connectivity index (χ1n) is 8.39. The SMILES string of the molecule is COc1cc(C(=O)N2CCC(n3cccc3)CC2)cc(OC)c1OC. The van der Waals surface area contributed by atoms with Gasteiger partial charge in [-0.15, -0.1) is 0 Å². The van der Waals surface area contributed by atoms with Gasteiger partial charge in [-0.25, -0.2) is 0 Å². The van der Waals surface area contributed by atoms with Gasteiger partial charge in [0.25, 0.3) is 5.91 Å². The summed E-state index contributed by atoms with van der Waals surface area (Å²) in [5.41, 5.74) is 0.550. The summed E-state index contributed by atoms with van der Waals surface area (Å²) in [7, 11) is 4.65. The molecule has 1 saturated heterocycles. The molecule has 1 aromatic carbocycles. The maximum atomic E-state index is 12.9. The van der Waals surface area contributed by atoms with Crippen LogP contribution >= 0.6 is 0 Å². The van der Waals surface area contributed by atoms with Crippen LogP contribution in [-0.2, 0) is 0 Å². The highest BCUT2D eigenvalue weighted by Gasteiger charge is 2.26. The Balaban J connectivity index is 1.75. The Hall–Kier alpha value is -2.63. The molecule has 6 nitrogen and oxygen atoms in total. The van der Waals surface area contributed by atoms with Crippen LogP contribution in [0.25, 0.3) is 0 Å². The molecular weight excluding hydrogens is 320 g/mol. The number of ether oxygens (including phenoxy) is 3. The molecule has 0 aliphatic carbocycles. The van der Waals surface area contributed by atoms with E-state index in [-0.39, 0.29) is 5.91 Å². The van der Waals surface area contributed by atoms with Crippen molar-refractivity contribution < 1.29 is 19.0 Å². The van der Waals surface area contributed by atoms with Gasteiger partial charge in [-0.2, -0.15) is 0 Å². The Morgan fingerprint density at radius 1 is 0.960 bits per heavy atom. The van der Waals surface area contributed by atoms with Gasteiger partial charge in [-0.1, -0.05) is 0 Å². The largest absolute Gasteiger partial charge is 0.493 e. The minimum Gasteiger partial charge on any atom is -0.493 e. The predicted molar refractivity (Wildman–Crippen MR) is 94.7 cm³/mol. The predicted octanol–water partition coefficient (Wildman–Crippen LogP) is 2.99. The highest BCUT2D eigenvalue weighted by atomic mass is 16.5. The van der Waals surface area contributed by atoms with Crippen molar-refractivity contribution >= 4 is 5.91 Å². The molecule has 0 saturated carbocycles. The Labute approximate surface area is 147 Å². The number of hydrogen-bond acceptors (Lipinski definition) is 4. The average molecular weight is 344 g/mol. The molecule has 25 heavy (non-hydrogen) atoms. The molecule has 0 bridgehead atoms. The lowest BCUT2D eigenvalue weighted by Crippen LogP contribution is -2.38. The van der Waals surface area contributed by atoms with E-state index < -0.39 is 0 Å². The summed E-state index contributed by atoms with van der Waals surface area (Å²) >= 11 is 0. The van der Waals surface area contributed by atoms with Crippen LogP contribution in [0.3, 0.4) is 0 Å². The number of amides is 1. The molecular formula is C19H24N2O4. The molecule has 1 aliphatic heterocycles. The zero-order chi connectivity index (χ0) is 17.8. The highest BCUT2D eigenvalue weighted by molar-refractivity contribution is 5.95. The molecule has 1 amide bonds. The molecule has 3 rings (SSSR count). The minimum atomic E-state index is -0.00907. The maximum Gasteiger partial charge on any atom is 0.254 e. The van der Waals surface area contributed by atoms with Crippen molar-refractivity contribution in [3.05, 3.63) is 42.2 Å². The summed E-state index contributed by atoms with van der Waals surface area (Å²) < 4.78 is 18.2. The molecule has 2 aromatic rings. The van der Waals surface area contributed by atoms with Crippen LogP contribution < -0.4 is 14.2 Å². The molecule has 134 valence electrons. The van der Waals surface area contributed by atoms with Gasteiger partial charge in [-0.3, -0.25) is 4.79 Å². The first kappa shape index (κ1) is 17.2. The van der Waals surface area contributed by atoms with Gasteiger partial charge in [0, 0.05) is 37.1 Å². The van der Waals surface area contributed by atoms with Crippen LogP contribution in [-0.4, -0.2) is 49.8 Å². The second kappa shape index (κ2) is 7.51. The van der Waals surface area contributed by atoms with Crippen molar-refractivity contribution in [2.45, 2.75) is 18.9 Å². The Morgan fingerprint density at radius 2 is 1.52 bits per heavy atom. The summed E-state index contributed by atoms with van der Waals surface area (Å²) in [5, 5.41) is 0. The molecule has 0 radical (unpaired) electrons. The lowest BCUT2D eigenvalue weighted by Gasteiger charge is -2.33. The van der Waals surface area contributed by atoms with Gasteiger partial charge in [0.05, 0.1) is 21.3 Å². The lowest BCUT2D eigenvalue weighted by molar-refractivity contribution is 0.0694. The summed E-state index contributed by atoms with van der Waals surface area (Å²) in [6, 6.07) is 7.95. The topological polar surface area (TPSA) is 52.9 Å². The number of methoxy groups -OCH3 is 3. The number of aromatic nitrogens is 1. The van der Waals surface area contributed by atoms with E-state index in [1.165, 1.54) is 0 Å². The normalized spacial score (nSPS) is 15.1. The van der Waals surface area contributed by atoms with Gasteiger partial charge in [-0.05, 0) is 37.1 Å². The van der Waals surface area contributed by atoms with Crippen molar-refractivity contribution in [2.24, 2.45) is 0 Å². The second-order valence-corrected chi connectivity index (χ2v) is 6.07. The van der Waals surface area contributed by atoms with E-state index in [0.717, 1.165) is 25.9 Å². The fraction of sp³-hybridized carbons (Fsp3) is 0.421. The standard InChI is InChI=1S/C19H24N2O4/c1-23-16-12-14(13-17(24-2)18(16)25-3)19(22)21-10-6-15(7-11-21)20-8-4-5-9-20/h4-5,8-9,12-13,15H,6-7,10-11H2,1-3H3. The fourth-order valence-corrected chi connectivity index (χ4v) is 3.35. The summed E-state index contributed by atoms with van der Waals surface area (Å²) in [5.74, 6) is 1.47. The molecule has 1 fully saturated rings. The number of likely N-dealkylation sites (tertiary alicyclic amines) is 1. The molecule has 0 atom stereocenters. The molecule has 1 aromatic heterocycles. The molecule has 6 heteroatoms. The van der Waals surface area contributed by atoms with Gasteiger partial charge in [0.15, 0.2) is 11.5 Å². The van der Waals surface area contributed by atoms with Crippen LogP contribution in [0.15, 0.2) is 36.7 Å². The molecule has 0 spiro atoms. The maximum absolute atomic E-state index is 12.9. The number of nitrogens with zero attached hydrogens (tertiary/aromatic N) is 2. The van der Waals surface area contributed by atoms with E-state index in [0.29, 0.717) is 28.9 Å². The quantitative estimate of drug-likeness (QED) is 0.837. The van der Waals surface area contributed by atoms with E-state index in [4.69, 9.17) is 14.2 Å². The number of piperidine rings is 1. The second-order valence-electron chi connectivity index (χ2n) is 6.07. The zero-order valence-corrected chi connectivity index (χ0v) is 14.9. The van der Waals surface area contributed by atoms with Crippen LogP contribution in [0.5, 0.6) is 17.2 Å². The van der Waals surface area contributed by atoms with Crippen molar-refractivity contribution in [2.75, 3.05) is 34.4 Å². The first-order valence-corrected chi connectivity index (χ1v) is 8.39. The third kappa shape index (κ3) is 3.43. The van der Waals surface area contributed by atoms with Gasteiger partial charge >= 0.3 is 0 Å². The van der Waals surface area contributed by atoms with Crippen molar-refractivity contribution in [1.29, 1.82) is 0 Å². The molecule has 0 N–H and O–H groups in total. The van der Waals surface area contributed by atoms with Crippen LogP contribution in [0.4, 0.5) is 0 Å². The fourth-order valence-electron chi connectivity index (χ4n) is 3.35. The number of rotatable bonds is 5. The third-order valence-corrected chi connectivity index (χ3v) is 4.71. The van der Waals surface area contributed by atoms with Gasteiger partial charge < -0.3 is 23.7 Å². The summed E-state index contributed by atoms with van der Waals surface area (Å²) in [6.07, 6.45) is 6.07. The van der Waals surface area contributed by atoms with Crippen molar-refractivity contribution in [1.82, 2.24) is 9.47 Å². The van der Waals surface area contributed by atoms with Crippen LogP contribution in [0.2, 0.25) is 0 Å². The van der Waals surface area contributed by atoms with E-state index in [9.17, 15) is 4.79 Å². The number of hydrogen-bond donors (Lipinski definition) is 0. The van der Waals surface area contributed by atoms with Crippen molar-refractivity contribution in [3.8, 4) is 17.2 Å². The average Bonchev–Trinajstić information content (AvgIpc) is 3.21. The zero-order valence-electron chi connectivity index (χ0n) is 14.9. The lowest BCUT2D eigenvalue weighted by atomic mass is 10.0. The van der Waals surface area contributed by atoms with E-state index in [1.807, 2.05) is 17.0 Å². The van der Waals surface area contributed by atoms with Crippen LogP contribution in [0, 0.1) is 0 Å². The smallest absolute Gasteiger partial charge is 0.254 e. The highest BCUT2D eigenvalue weighted by Crippen LogP contribution is 2.38. The Bertz CT molecular complexity index is 694. The van der Waals surface area contributed by atoms with E-state index in [2.05, 4.69) is 17.0 Å². The van der Waals surface area contributed by atoms with Crippen LogP contribution in [0.1, 0.15) is 29.2 Å². The molecule has 0 unspecified atom stereocenters. The van der Waals surface area contributed by atoms with E-state index >= 15 is 0 Å². The number of carbonyl (C=O) groups excluding carboxylic acids is 1. The Morgan fingerprint density at radius 3 is 2.00 bits per heavy atom. The monoisotopic (exact) mass is 344 g/mol. The summed E-state index contributed by atoms with van der Waals surface area (Å²) in [6.45, 7) is 1.47. The number of benzene rings is 1. The van der Waals surface area contributed by atoms with Gasteiger partial charge in [0.2, 0.25) is 5.75 Å². The van der Waals surface area contributed by atoms with Gasteiger partial charge in [0.1, 0.15) is 0 Å². The molecule has 1 aliphatic rings. The minimum absolute atomic E-state index is 0.00907. The molecule has 2 heterocycles. The summed E-state index contributed by atoms with van der Waals surface area (Å²) in [4.78, 5) is 14.8. The number of carbonyl (C=O) groups is 1.